The minimum Gasteiger partial charge on any atom is -0.282 e. The summed E-state index contributed by atoms with van der Waals surface area (Å²) in [6, 6.07) is 11.2. The van der Waals surface area contributed by atoms with E-state index in [1.165, 1.54) is 0 Å². The predicted molar refractivity (Wildman–Crippen MR) is 91.2 cm³/mol. The van der Waals surface area contributed by atoms with E-state index in [1.807, 2.05) is 0 Å². The van der Waals surface area contributed by atoms with Gasteiger partial charge in [-0.2, -0.15) is 26.9 Å². The minimum atomic E-state index is -4.90. The number of hydrogen-bond acceptors (Lipinski definition) is 6. The Morgan fingerprint density at radius 2 is 1.58 bits per heavy atom. The van der Waals surface area contributed by atoms with Crippen LogP contribution in [0.5, 0.6) is 0 Å². The van der Waals surface area contributed by atoms with Crippen molar-refractivity contribution in [2.45, 2.75) is 16.2 Å². The third-order valence-electron chi connectivity index (χ3n) is 3.62. The summed E-state index contributed by atoms with van der Waals surface area (Å²) < 4.78 is 64.2. The van der Waals surface area contributed by atoms with E-state index in [9.17, 15) is 26.2 Å². The normalized spacial score (nSPS) is 15.2. The monoisotopic (exact) mass is 396 g/mol. The largest absolute Gasteiger partial charge is 0.296 e. The molecule has 1 aliphatic heterocycles. The molecule has 136 valence electrons. The van der Waals surface area contributed by atoms with Crippen LogP contribution in [0, 0.1) is 0 Å². The van der Waals surface area contributed by atoms with Crippen LogP contribution in [0.1, 0.15) is 12.0 Å². The van der Waals surface area contributed by atoms with Gasteiger partial charge in [-0.15, -0.1) is 0 Å². The summed E-state index contributed by atoms with van der Waals surface area (Å²) in [5.74, 6) is -0.562. The fraction of sp³-hybridized carbons (Fsp3) is 0.0667. The van der Waals surface area contributed by atoms with E-state index < -0.39 is 35.9 Å². The highest BCUT2D eigenvalue weighted by atomic mass is 32.2. The van der Waals surface area contributed by atoms with Gasteiger partial charge in [0, 0.05) is 0 Å². The fourth-order valence-electron chi connectivity index (χ4n) is 2.45. The molecule has 0 saturated heterocycles. The van der Waals surface area contributed by atoms with E-state index in [1.54, 1.807) is 30.3 Å². The first-order valence-corrected chi connectivity index (χ1v) is 10.0. The van der Waals surface area contributed by atoms with E-state index in [0.29, 0.717) is 17.3 Å². The summed E-state index contributed by atoms with van der Waals surface area (Å²) >= 11 is 0. The number of hydrogen-bond donors (Lipinski definition) is 2. The van der Waals surface area contributed by atoms with Crippen molar-refractivity contribution in [2.24, 2.45) is 5.10 Å². The molecule has 1 amide bonds. The molecule has 9 nitrogen and oxygen atoms in total. The topological polar surface area (TPSA) is 141 Å². The third kappa shape index (κ3) is 3.51. The SMILES string of the molecule is O=C1CC(c2ccccc2)=NN1c1ccc(S(=O)(=O)O)cc1S(=O)(=O)O. The molecule has 0 saturated carbocycles. The highest BCUT2D eigenvalue weighted by Gasteiger charge is 2.31. The molecule has 26 heavy (non-hydrogen) atoms. The van der Waals surface area contributed by atoms with Crippen LogP contribution >= 0.6 is 0 Å². The van der Waals surface area contributed by atoms with Crippen molar-refractivity contribution >= 4 is 37.5 Å². The highest BCUT2D eigenvalue weighted by Crippen LogP contribution is 2.31. The number of carbonyl (C=O) groups is 1. The second-order valence-corrected chi connectivity index (χ2v) is 8.19. The number of hydrazone groups is 1. The standard InChI is InChI=1S/C15H12N2O7S2/c18-15-9-12(10-4-2-1-3-5-10)16-17(15)13-7-6-11(25(19,20)21)8-14(13)26(22,23)24/h1-8H,9H2,(H,19,20,21)(H,22,23,24). The van der Waals surface area contributed by atoms with Crippen molar-refractivity contribution in [1.82, 2.24) is 0 Å². The number of anilines is 1. The van der Waals surface area contributed by atoms with E-state index in [-0.39, 0.29) is 12.1 Å². The molecule has 2 aromatic rings. The van der Waals surface area contributed by atoms with Crippen LogP contribution in [0.25, 0.3) is 0 Å². The number of amides is 1. The average Bonchev–Trinajstić information content (AvgIpc) is 2.95. The maximum absolute atomic E-state index is 12.3. The first kappa shape index (κ1) is 18.2. The van der Waals surface area contributed by atoms with Gasteiger partial charge in [0.15, 0.2) is 0 Å². The van der Waals surface area contributed by atoms with E-state index >= 15 is 0 Å². The Labute approximate surface area is 149 Å². The Balaban J connectivity index is 2.15. The molecule has 11 heteroatoms. The molecule has 1 heterocycles. The summed E-state index contributed by atoms with van der Waals surface area (Å²) in [7, 11) is -9.61. The Morgan fingerprint density at radius 1 is 0.923 bits per heavy atom. The van der Waals surface area contributed by atoms with Crippen LogP contribution in [0.2, 0.25) is 0 Å². The van der Waals surface area contributed by atoms with Gasteiger partial charge in [0.05, 0.1) is 22.7 Å². The van der Waals surface area contributed by atoms with Crippen LogP contribution in [0.4, 0.5) is 5.69 Å². The Kier molecular flexibility index (Phi) is 4.40. The summed E-state index contributed by atoms with van der Waals surface area (Å²) in [5, 5.41) is 4.87. The molecule has 2 N–H and O–H groups in total. The quantitative estimate of drug-likeness (QED) is 0.742. The molecule has 0 aromatic heterocycles. The first-order chi connectivity index (χ1) is 12.1. The van der Waals surface area contributed by atoms with Crippen molar-refractivity contribution in [3.8, 4) is 0 Å². The molecule has 0 radical (unpaired) electrons. The summed E-state index contributed by atoms with van der Waals surface area (Å²) in [4.78, 5) is 10.7. The van der Waals surface area contributed by atoms with E-state index in [0.717, 1.165) is 17.1 Å². The zero-order valence-corrected chi connectivity index (χ0v) is 14.6. The number of benzene rings is 2. The first-order valence-electron chi connectivity index (χ1n) is 7.12. The number of carbonyl (C=O) groups excluding carboxylic acids is 1. The van der Waals surface area contributed by atoms with Gasteiger partial charge in [-0.25, -0.2) is 0 Å². The summed E-state index contributed by atoms with van der Waals surface area (Å²) in [6.45, 7) is 0. The second-order valence-electron chi connectivity index (χ2n) is 5.37. The van der Waals surface area contributed by atoms with Gasteiger partial charge >= 0.3 is 0 Å². The van der Waals surface area contributed by atoms with Crippen molar-refractivity contribution in [3.05, 3.63) is 54.1 Å². The van der Waals surface area contributed by atoms with Gasteiger partial charge in [0.1, 0.15) is 4.90 Å². The van der Waals surface area contributed by atoms with Crippen LogP contribution in [0.3, 0.4) is 0 Å². The molecule has 2 aromatic carbocycles. The molecule has 0 fully saturated rings. The lowest BCUT2D eigenvalue weighted by Gasteiger charge is -2.15. The zero-order chi connectivity index (χ0) is 19.1. The highest BCUT2D eigenvalue weighted by molar-refractivity contribution is 7.86. The molecular weight excluding hydrogens is 384 g/mol. The van der Waals surface area contributed by atoms with Crippen molar-refractivity contribution in [2.75, 3.05) is 5.01 Å². The van der Waals surface area contributed by atoms with Crippen molar-refractivity contribution in [3.63, 3.8) is 0 Å². The lowest BCUT2D eigenvalue weighted by atomic mass is 10.1. The molecule has 1 aliphatic rings. The lowest BCUT2D eigenvalue weighted by Crippen LogP contribution is -2.22. The van der Waals surface area contributed by atoms with Crippen LogP contribution < -0.4 is 5.01 Å². The average molecular weight is 396 g/mol. The zero-order valence-electron chi connectivity index (χ0n) is 13.0. The molecule has 0 atom stereocenters. The van der Waals surface area contributed by atoms with Crippen molar-refractivity contribution in [1.29, 1.82) is 0 Å². The molecule has 0 unspecified atom stereocenters. The fourth-order valence-corrected chi connectivity index (χ4v) is 3.72. The summed E-state index contributed by atoms with van der Waals surface area (Å²) in [6.07, 6.45) is -0.102. The van der Waals surface area contributed by atoms with Gasteiger partial charge in [0.25, 0.3) is 26.1 Å². The van der Waals surface area contributed by atoms with Gasteiger partial charge < -0.3 is 0 Å². The predicted octanol–water partition coefficient (Wildman–Crippen LogP) is 1.32. The maximum Gasteiger partial charge on any atom is 0.296 e. The second kappa shape index (κ2) is 6.29. The van der Waals surface area contributed by atoms with Gasteiger partial charge in [0.2, 0.25) is 0 Å². The lowest BCUT2D eigenvalue weighted by molar-refractivity contribution is -0.116. The van der Waals surface area contributed by atoms with Gasteiger partial charge in [-0.1, -0.05) is 30.3 Å². The third-order valence-corrected chi connectivity index (χ3v) is 5.35. The minimum absolute atomic E-state index is 0.102. The molecule has 0 aliphatic carbocycles. The smallest absolute Gasteiger partial charge is 0.282 e. The molecule has 0 spiro atoms. The summed E-state index contributed by atoms with van der Waals surface area (Å²) in [5.41, 5.74) is 0.720. The Bertz CT molecular complexity index is 1120. The van der Waals surface area contributed by atoms with Crippen LogP contribution in [-0.4, -0.2) is 37.6 Å². The van der Waals surface area contributed by atoms with E-state index in [4.69, 9.17) is 4.55 Å². The van der Waals surface area contributed by atoms with Crippen molar-refractivity contribution < 1.29 is 30.7 Å². The Hall–Kier alpha value is -2.60. The Morgan fingerprint density at radius 3 is 2.15 bits per heavy atom. The van der Waals surface area contributed by atoms with Gasteiger partial charge in [-0.05, 0) is 23.8 Å². The molecule has 3 rings (SSSR count). The van der Waals surface area contributed by atoms with Crippen LogP contribution in [0.15, 0.2) is 63.4 Å². The van der Waals surface area contributed by atoms with Crippen LogP contribution in [-0.2, 0) is 25.0 Å². The number of nitrogens with zero attached hydrogens (tertiary/aromatic N) is 2. The van der Waals surface area contributed by atoms with Gasteiger partial charge in [-0.3, -0.25) is 13.9 Å². The maximum atomic E-state index is 12.3. The van der Waals surface area contributed by atoms with E-state index in [2.05, 4.69) is 5.10 Å². The molecule has 0 bridgehead atoms. The number of rotatable bonds is 4. The molecular formula is C15H12N2O7S2.